The summed E-state index contributed by atoms with van der Waals surface area (Å²) in [6.45, 7) is 3.62. The molecule has 0 radical (unpaired) electrons. The second-order valence-electron chi connectivity index (χ2n) is 6.42. The summed E-state index contributed by atoms with van der Waals surface area (Å²) in [5.41, 5.74) is 1.10. The summed E-state index contributed by atoms with van der Waals surface area (Å²) in [7, 11) is 1.29. The van der Waals surface area contributed by atoms with Crippen LogP contribution >= 0.6 is 0 Å². The van der Waals surface area contributed by atoms with Crippen molar-refractivity contribution in [3.63, 3.8) is 0 Å². The normalized spacial score (nSPS) is 12.9. The molecule has 2 rings (SSSR count). The number of aryl methyl sites for hydroxylation is 1. The Labute approximate surface area is 151 Å². The third-order valence-electron chi connectivity index (χ3n) is 4.58. The largest absolute Gasteiger partial charge is 0.468 e. The zero-order chi connectivity index (χ0) is 19.3. The Hall–Kier alpha value is -3.02. The van der Waals surface area contributed by atoms with Gasteiger partial charge in [0.15, 0.2) is 5.78 Å². The molecular formula is C20H21NO5. The van der Waals surface area contributed by atoms with E-state index < -0.39 is 16.3 Å². The van der Waals surface area contributed by atoms with Gasteiger partial charge in [-0.05, 0) is 25.8 Å². The molecule has 0 heterocycles. The van der Waals surface area contributed by atoms with Crippen LogP contribution in [-0.4, -0.2) is 23.8 Å². The molecule has 6 heteroatoms. The van der Waals surface area contributed by atoms with Gasteiger partial charge in [-0.15, -0.1) is 0 Å². The number of nitrogens with zero attached hydrogens (tertiary/aromatic N) is 1. The zero-order valence-electron chi connectivity index (χ0n) is 15.0. The molecule has 0 amide bonds. The van der Waals surface area contributed by atoms with Gasteiger partial charge in [0.2, 0.25) is 0 Å². The van der Waals surface area contributed by atoms with Gasteiger partial charge in [0.1, 0.15) is 0 Å². The number of non-ortho nitro benzene ring substituents is 1. The number of methoxy groups -OCH3 is 1. The van der Waals surface area contributed by atoms with E-state index in [4.69, 9.17) is 4.74 Å². The van der Waals surface area contributed by atoms with Crippen molar-refractivity contribution >= 4 is 17.4 Å². The molecule has 0 spiro atoms. The lowest BCUT2D eigenvalue weighted by Gasteiger charge is -2.27. The molecule has 0 aliphatic heterocycles. The molecule has 1 atom stereocenters. The monoisotopic (exact) mass is 355 g/mol. The van der Waals surface area contributed by atoms with Gasteiger partial charge in [-0.3, -0.25) is 19.7 Å². The second kappa shape index (κ2) is 7.91. The van der Waals surface area contributed by atoms with Crippen LogP contribution in [0.3, 0.4) is 0 Å². The minimum absolute atomic E-state index is 0.0586. The lowest BCUT2D eigenvalue weighted by atomic mass is 9.77. The van der Waals surface area contributed by atoms with Gasteiger partial charge in [-0.1, -0.05) is 42.0 Å². The number of nitro groups is 1. The van der Waals surface area contributed by atoms with Crippen molar-refractivity contribution in [2.45, 2.75) is 32.1 Å². The van der Waals surface area contributed by atoms with Crippen molar-refractivity contribution in [1.29, 1.82) is 0 Å². The number of benzene rings is 2. The number of ether oxygens (including phenoxy) is 1. The summed E-state index contributed by atoms with van der Waals surface area (Å²) in [6, 6.07) is 13.0. The minimum atomic E-state index is -1.07. The number of carbonyl (C=O) groups excluding carboxylic acids is 2. The summed E-state index contributed by atoms with van der Waals surface area (Å²) < 4.78 is 4.92. The molecule has 26 heavy (non-hydrogen) atoms. The predicted molar refractivity (Wildman–Crippen MR) is 97.2 cm³/mol. The van der Waals surface area contributed by atoms with E-state index in [2.05, 4.69) is 0 Å². The lowest BCUT2D eigenvalue weighted by Crippen LogP contribution is -2.34. The van der Waals surface area contributed by atoms with Crippen LogP contribution < -0.4 is 0 Å². The van der Waals surface area contributed by atoms with Gasteiger partial charge >= 0.3 is 5.97 Å². The van der Waals surface area contributed by atoms with Crippen molar-refractivity contribution < 1.29 is 19.2 Å². The molecule has 2 aromatic rings. The fourth-order valence-corrected chi connectivity index (χ4v) is 2.79. The average molecular weight is 355 g/mol. The molecule has 2 aromatic carbocycles. The Morgan fingerprint density at radius 3 is 2.15 bits per heavy atom. The van der Waals surface area contributed by atoms with Gasteiger partial charge in [-0.2, -0.15) is 0 Å². The van der Waals surface area contributed by atoms with E-state index in [1.54, 1.807) is 19.1 Å². The number of esters is 1. The highest BCUT2D eigenvalue weighted by Crippen LogP contribution is 2.32. The third-order valence-corrected chi connectivity index (χ3v) is 4.58. The Bertz CT molecular complexity index is 811. The average Bonchev–Trinajstić information content (AvgIpc) is 2.65. The van der Waals surface area contributed by atoms with Gasteiger partial charge in [-0.25, -0.2) is 0 Å². The van der Waals surface area contributed by atoms with Gasteiger partial charge < -0.3 is 4.74 Å². The smallest absolute Gasteiger partial charge is 0.316 e. The van der Waals surface area contributed by atoms with Crippen molar-refractivity contribution in [1.82, 2.24) is 0 Å². The summed E-state index contributed by atoms with van der Waals surface area (Å²) in [4.78, 5) is 35.1. The highest BCUT2D eigenvalue weighted by Gasteiger charge is 2.37. The maximum Gasteiger partial charge on any atom is 0.316 e. The van der Waals surface area contributed by atoms with Crippen molar-refractivity contribution in [3.05, 3.63) is 75.3 Å². The number of carbonyl (C=O) groups is 2. The highest BCUT2D eigenvalue weighted by molar-refractivity contribution is 5.96. The van der Waals surface area contributed by atoms with E-state index in [9.17, 15) is 19.7 Å². The van der Waals surface area contributed by atoms with Crippen LogP contribution in [0.1, 0.15) is 41.3 Å². The molecule has 0 aliphatic carbocycles. The van der Waals surface area contributed by atoms with E-state index >= 15 is 0 Å². The van der Waals surface area contributed by atoms with E-state index in [1.807, 2.05) is 19.1 Å². The molecule has 136 valence electrons. The summed E-state index contributed by atoms with van der Waals surface area (Å²) in [6.07, 6.45) is 0.399. The van der Waals surface area contributed by atoms with Crippen LogP contribution in [0, 0.1) is 17.0 Å². The van der Waals surface area contributed by atoms with Gasteiger partial charge in [0.25, 0.3) is 5.69 Å². The lowest BCUT2D eigenvalue weighted by molar-refractivity contribution is -0.384. The van der Waals surface area contributed by atoms with Crippen LogP contribution in [0.4, 0.5) is 5.69 Å². The minimum Gasteiger partial charge on any atom is -0.468 e. The molecule has 1 unspecified atom stereocenters. The number of nitro benzene ring substituents is 1. The standard InChI is InChI=1S/C20H21NO5/c1-14-4-6-15(7-5-14)18(22)12-13-20(2,19(23)26-3)16-8-10-17(11-9-16)21(24)25/h4-11H,12-13H2,1-3H3. The SMILES string of the molecule is COC(=O)C(C)(CCC(=O)c1ccc(C)cc1)c1ccc([N+](=O)[O-])cc1. The van der Waals surface area contributed by atoms with E-state index in [0.29, 0.717) is 11.1 Å². The van der Waals surface area contributed by atoms with E-state index in [0.717, 1.165) is 5.56 Å². The third kappa shape index (κ3) is 4.14. The molecule has 0 N–H and O–H groups in total. The molecule has 0 bridgehead atoms. The van der Waals surface area contributed by atoms with E-state index in [-0.39, 0.29) is 24.3 Å². The fourth-order valence-electron chi connectivity index (χ4n) is 2.79. The molecule has 0 saturated carbocycles. The summed E-state index contributed by atoms with van der Waals surface area (Å²) in [5, 5.41) is 10.8. The quantitative estimate of drug-likeness (QED) is 0.324. The summed E-state index contributed by atoms with van der Waals surface area (Å²) in [5.74, 6) is -0.551. The Kier molecular flexibility index (Phi) is 5.87. The van der Waals surface area contributed by atoms with Gasteiger partial charge in [0, 0.05) is 24.1 Å². The number of hydrogen-bond donors (Lipinski definition) is 0. The van der Waals surface area contributed by atoms with Crippen LogP contribution in [0.5, 0.6) is 0 Å². The maximum absolute atomic E-state index is 12.4. The van der Waals surface area contributed by atoms with Crippen LogP contribution in [0.25, 0.3) is 0 Å². The molecule has 6 nitrogen and oxygen atoms in total. The number of Topliss-reactive ketones (excluding diaryl/α,β-unsaturated/α-hetero) is 1. The van der Waals surface area contributed by atoms with Crippen LogP contribution in [0.15, 0.2) is 48.5 Å². The summed E-state index contributed by atoms with van der Waals surface area (Å²) >= 11 is 0. The molecule has 0 fully saturated rings. The predicted octanol–water partition coefficient (Wildman–Crippen LogP) is 4.00. The maximum atomic E-state index is 12.4. The number of rotatable bonds is 7. The number of ketones is 1. The first-order valence-corrected chi connectivity index (χ1v) is 8.21. The second-order valence-corrected chi connectivity index (χ2v) is 6.42. The van der Waals surface area contributed by atoms with Crippen molar-refractivity contribution in [2.75, 3.05) is 7.11 Å². The van der Waals surface area contributed by atoms with Crippen LogP contribution in [0.2, 0.25) is 0 Å². The van der Waals surface area contributed by atoms with E-state index in [1.165, 1.54) is 31.4 Å². The van der Waals surface area contributed by atoms with Crippen molar-refractivity contribution in [2.24, 2.45) is 0 Å². The van der Waals surface area contributed by atoms with Crippen LogP contribution in [-0.2, 0) is 14.9 Å². The zero-order valence-corrected chi connectivity index (χ0v) is 15.0. The Balaban J connectivity index is 2.23. The van der Waals surface area contributed by atoms with Gasteiger partial charge in [0.05, 0.1) is 17.4 Å². The Morgan fingerprint density at radius 1 is 1.08 bits per heavy atom. The molecule has 0 saturated heterocycles. The highest BCUT2D eigenvalue weighted by atomic mass is 16.6. The number of hydrogen-bond acceptors (Lipinski definition) is 5. The molecule has 0 aromatic heterocycles. The fraction of sp³-hybridized carbons (Fsp3) is 0.300. The molecular weight excluding hydrogens is 334 g/mol. The topological polar surface area (TPSA) is 86.5 Å². The Morgan fingerprint density at radius 2 is 1.65 bits per heavy atom. The van der Waals surface area contributed by atoms with Crippen molar-refractivity contribution in [3.8, 4) is 0 Å². The first kappa shape index (κ1) is 19.3. The first-order valence-electron chi connectivity index (χ1n) is 8.21. The molecule has 0 aliphatic rings. The first-order chi connectivity index (χ1) is 12.3.